The maximum atomic E-state index is 5.71. The Kier molecular flexibility index (Phi) is 1.98. The summed E-state index contributed by atoms with van der Waals surface area (Å²) >= 11 is 0. The van der Waals surface area contributed by atoms with Crippen LogP contribution in [-0.4, -0.2) is 30.9 Å². The predicted octanol–water partition coefficient (Wildman–Crippen LogP) is -0.524. The number of nitrogen functional groups attached to an aromatic ring is 1. The van der Waals surface area contributed by atoms with E-state index in [2.05, 4.69) is 20.4 Å². The van der Waals surface area contributed by atoms with Crippen LogP contribution in [0.25, 0.3) is 0 Å². The molecule has 0 aromatic carbocycles. The van der Waals surface area contributed by atoms with E-state index in [1.54, 1.807) is 24.1 Å². The molecule has 2 heterocycles. The van der Waals surface area contributed by atoms with Crippen LogP contribution in [0.4, 0.5) is 5.82 Å². The number of aromatic nitrogens is 5. The van der Waals surface area contributed by atoms with Crippen molar-refractivity contribution in [2.75, 3.05) is 5.73 Å². The Morgan fingerprint density at radius 3 is 2.71 bits per heavy atom. The summed E-state index contributed by atoms with van der Waals surface area (Å²) in [5.41, 5.74) is 6.48. The number of nitrogens with zero attached hydrogens (tertiary/aromatic N) is 6. The quantitative estimate of drug-likeness (QED) is 0.647. The van der Waals surface area contributed by atoms with Crippen molar-refractivity contribution in [3.8, 4) is 0 Å². The summed E-state index contributed by atoms with van der Waals surface area (Å²) < 4.78 is 3.06. The normalized spacial score (nSPS) is 11.2. The Morgan fingerprint density at radius 2 is 2.14 bits per heavy atom. The van der Waals surface area contributed by atoms with E-state index in [1.165, 1.54) is 17.3 Å². The van der Waals surface area contributed by atoms with Gasteiger partial charge in [-0.05, 0) is 0 Å². The van der Waals surface area contributed by atoms with Gasteiger partial charge in [0.15, 0.2) is 0 Å². The number of hydrogen-bond donors (Lipinski definition) is 1. The maximum Gasteiger partial charge on any atom is 0.141 e. The van der Waals surface area contributed by atoms with Crippen LogP contribution < -0.4 is 5.73 Å². The molecule has 0 bridgehead atoms. The second-order valence-electron chi connectivity index (χ2n) is 2.70. The zero-order chi connectivity index (χ0) is 9.97. The third-order valence-electron chi connectivity index (χ3n) is 1.75. The topological polar surface area (TPSA) is 86.9 Å². The third kappa shape index (κ3) is 1.47. The molecule has 7 heteroatoms. The van der Waals surface area contributed by atoms with Crippen molar-refractivity contribution in [2.45, 2.75) is 0 Å². The van der Waals surface area contributed by atoms with Crippen LogP contribution in [-0.2, 0) is 7.05 Å². The molecule has 14 heavy (non-hydrogen) atoms. The van der Waals surface area contributed by atoms with Gasteiger partial charge < -0.3 is 5.73 Å². The van der Waals surface area contributed by atoms with Crippen molar-refractivity contribution >= 4 is 12.0 Å². The fourth-order valence-corrected chi connectivity index (χ4v) is 0.947. The van der Waals surface area contributed by atoms with Crippen LogP contribution in [0, 0.1) is 0 Å². The molecule has 0 radical (unpaired) electrons. The van der Waals surface area contributed by atoms with Gasteiger partial charge in [-0.2, -0.15) is 10.2 Å². The first-order valence-corrected chi connectivity index (χ1v) is 3.94. The fraction of sp³-hybridized carbons (Fsp3) is 0.143. The first-order valence-electron chi connectivity index (χ1n) is 3.94. The third-order valence-corrected chi connectivity index (χ3v) is 1.75. The van der Waals surface area contributed by atoms with Crippen LogP contribution in [0.1, 0.15) is 5.56 Å². The molecule has 2 rings (SSSR count). The van der Waals surface area contributed by atoms with Crippen molar-refractivity contribution in [2.24, 2.45) is 12.1 Å². The Bertz CT molecular complexity index is 439. The van der Waals surface area contributed by atoms with E-state index in [9.17, 15) is 0 Å². The summed E-state index contributed by atoms with van der Waals surface area (Å²) in [5, 5.41) is 15.2. The molecule has 2 aromatic heterocycles. The second kappa shape index (κ2) is 3.29. The van der Waals surface area contributed by atoms with Gasteiger partial charge >= 0.3 is 0 Å². The van der Waals surface area contributed by atoms with E-state index in [0.29, 0.717) is 5.82 Å². The molecule has 0 unspecified atom stereocenters. The van der Waals surface area contributed by atoms with Crippen molar-refractivity contribution in [1.82, 2.24) is 24.7 Å². The van der Waals surface area contributed by atoms with E-state index in [-0.39, 0.29) is 0 Å². The second-order valence-corrected chi connectivity index (χ2v) is 2.70. The van der Waals surface area contributed by atoms with Gasteiger partial charge in [-0.3, -0.25) is 4.68 Å². The van der Waals surface area contributed by atoms with Crippen molar-refractivity contribution in [3.63, 3.8) is 0 Å². The molecule has 0 aliphatic rings. The lowest BCUT2D eigenvalue weighted by molar-refractivity contribution is 0.779. The van der Waals surface area contributed by atoms with Crippen molar-refractivity contribution in [1.29, 1.82) is 0 Å². The van der Waals surface area contributed by atoms with E-state index in [0.717, 1.165) is 5.56 Å². The number of aryl methyl sites for hydroxylation is 1. The largest absolute Gasteiger partial charge is 0.383 e. The molecule has 72 valence electrons. The first kappa shape index (κ1) is 8.42. The molecule has 0 amide bonds. The van der Waals surface area contributed by atoms with E-state index < -0.39 is 0 Å². The van der Waals surface area contributed by atoms with Crippen LogP contribution in [0.3, 0.4) is 0 Å². The zero-order valence-electron chi connectivity index (χ0n) is 7.57. The minimum absolute atomic E-state index is 0.571. The Labute approximate surface area is 79.9 Å². The van der Waals surface area contributed by atoms with Crippen molar-refractivity contribution < 1.29 is 0 Å². The molecule has 2 aromatic rings. The predicted molar refractivity (Wildman–Crippen MR) is 50.6 cm³/mol. The SMILES string of the molecule is Cn1ncc(/C=N/n2cnnc2)c1N. The Balaban J connectivity index is 2.23. The van der Waals surface area contributed by atoms with Crippen LogP contribution in [0.2, 0.25) is 0 Å². The van der Waals surface area contributed by atoms with Gasteiger partial charge in [0, 0.05) is 7.05 Å². The zero-order valence-corrected chi connectivity index (χ0v) is 7.57. The monoisotopic (exact) mass is 191 g/mol. The summed E-state index contributed by atoms with van der Waals surface area (Å²) in [4.78, 5) is 0. The molecule has 0 saturated heterocycles. The molecule has 0 fully saturated rings. The molecule has 0 spiro atoms. The summed E-state index contributed by atoms with van der Waals surface area (Å²) in [6.07, 6.45) is 6.22. The van der Waals surface area contributed by atoms with Gasteiger partial charge in [-0.1, -0.05) is 0 Å². The van der Waals surface area contributed by atoms with E-state index in [1.807, 2.05) is 0 Å². The van der Waals surface area contributed by atoms with Crippen LogP contribution in [0.5, 0.6) is 0 Å². The number of nitrogens with two attached hydrogens (primary N) is 1. The molecule has 7 nitrogen and oxygen atoms in total. The Hall–Kier alpha value is -2.18. The fourth-order valence-electron chi connectivity index (χ4n) is 0.947. The summed E-state index contributed by atoms with van der Waals surface area (Å²) in [5.74, 6) is 0.571. The molecule has 0 atom stereocenters. The minimum atomic E-state index is 0.571. The van der Waals surface area contributed by atoms with Crippen molar-refractivity contribution in [3.05, 3.63) is 24.4 Å². The molecular weight excluding hydrogens is 182 g/mol. The van der Waals surface area contributed by atoms with E-state index in [4.69, 9.17) is 5.73 Å². The molecule has 0 saturated carbocycles. The van der Waals surface area contributed by atoms with Gasteiger partial charge in [-0.25, -0.2) is 4.68 Å². The lowest BCUT2D eigenvalue weighted by Gasteiger charge is -1.93. The van der Waals surface area contributed by atoms with Gasteiger partial charge in [0.2, 0.25) is 0 Å². The highest BCUT2D eigenvalue weighted by Crippen LogP contribution is 2.05. The summed E-state index contributed by atoms with van der Waals surface area (Å²) in [6.45, 7) is 0. The van der Waals surface area contributed by atoms with Gasteiger partial charge in [0.05, 0.1) is 18.0 Å². The molecule has 0 aliphatic heterocycles. The first-order chi connectivity index (χ1) is 6.77. The highest BCUT2D eigenvalue weighted by Gasteiger charge is 2.00. The van der Waals surface area contributed by atoms with Crippen LogP contribution >= 0.6 is 0 Å². The molecular formula is C7H9N7. The molecule has 0 aliphatic carbocycles. The minimum Gasteiger partial charge on any atom is -0.383 e. The molecule has 2 N–H and O–H groups in total. The van der Waals surface area contributed by atoms with Crippen LogP contribution in [0.15, 0.2) is 24.0 Å². The average Bonchev–Trinajstić information content (AvgIpc) is 2.77. The van der Waals surface area contributed by atoms with Gasteiger partial charge in [0.25, 0.3) is 0 Å². The highest BCUT2D eigenvalue weighted by atomic mass is 15.4. The lowest BCUT2D eigenvalue weighted by Crippen LogP contribution is -1.99. The number of rotatable bonds is 2. The van der Waals surface area contributed by atoms with Gasteiger partial charge in [0.1, 0.15) is 18.5 Å². The van der Waals surface area contributed by atoms with E-state index >= 15 is 0 Å². The lowest BCUT2D eigenvalue weighted by atomic mass is 10.4. The summed E-state index contributed by atoms with van der Waals surface area (Å²) in [7, 11) is 1.77. The maximum absolute atomic E-state index is 5.71. The standard InChI is InChI=1S/C7H9N7/c1-13-7(8)6(2-11-13)3-12-14-4-9-10-5-14/h2-5H,8H2,1H3/b12-3+. The Morgan fingerprint density at radius 1 is 1.43 bits per heavy atom. The number of anilines is 1. The van der Waals surface area contributed by atoms with Gasteiger partial charge in [-0.15, -0.1) is 10.2 Å². The smallest absolute Gasteiger partial charge is 0.141 e. The number of hydrogen-bond acceptors (Lipinski definition) is 5. The summed E-state index contributed by atoms with van der Waals surface area (Å²) in [6, 6.07) is 0. The average molecular weight is 191 g/mol. The highest BCUT2D eigenvalue weighted by molar-refractivity contribution is 5.85.